The fraction of sp³-hybridized carbons (Fsp3) is 0.533. The summed E-state index contributed by atoms with van der Waals surface area (Å²) in [4.78, 5) is 14.1. The van der Waals surface area contributed by atoms with Crippen LogP contribution in [0.1, 0.15) is 38.4 Å². The quantitative estimate of drug-likeness (QED) is 0.915. The van der Waals surface area contributed by atoms with Crippen molar-refractivity contribution in [1.29, 1.82) is 0 Å². The van der Waals surface area contributed by atoms with Gasteiger partial charge in [0.1, 0.15) is 5.75 Å². The minimum Gasteiger partial charge on any atom is -0.480 e. The number of nitrogens with zero attached hydrogens (tertiary/aromatic N) is 1. The molecule has 0 aromatic heterocycles. The topological polar surface area (TPSA) is 49.8 Å². The number of carbonyl (C=O) groups excluding carboxylic acids is 1. The maximum absolute atomic E-state index is 12.2. The van der Waals surface area contributed by atoms with Crippen LogP contribution in [0.4, 0.5) is 0 Å². The number of likely N-dealkylation sites (tertiary alicyclic amines) is 1. The predicted octanol–water partition coefficient (Wildman–Crippen LogP) is 2.89. The third kappa shape index (κ3) is 3.52. The van der Waals surface area contributed by atoms with E-state index in [0.717, 1.165) is 30.4 Å². The van der Waals surface area contributed by atoms with Gasteiger partial charge in [0.05, 0.1) is 6.10 Å². The summed E-state index contributed by atoms with van der Waals surface area (Å²) in [7, 11) is 0. The number of amides is 1. The van der Waals surface area contributed by atoms with Crippen LogP contribution in [0, 0.1) is 0 Å². The largest absolute Gasteiger partial charge is 0.480 e. The third-order valence-electron chi connectivity index (χ3n) is 3.49. The predicted molar refractivity (Wildman–Crippen MR) is 80.7 cm³/mol. The van der Waals surface area contributed by atoms with Gasteiger partial charge in [-0.25, -0.2) is 0 Å². The average molecular weight is 342 g/mol. The van der Waals surface area contributed by atoms with Crippen LogP contribution < -0.4 is 4.74 Å². The van der Waals surface area contributed by atoms with Gasteiger partial charge in [-0.3, -0.25) is 4.79 Å². The Labute approximate surface area is 127 Å². The molecule has 1 aromatic rings. The second-order valence-corrected chi connectivity index (χ2v) is 6.07. The molecular weight excluding hydrogens is 322 g/mol. The van der Waals surface area contributed by atoms with Crippen molar-refractivity contribution < 1.29 is 14.6 Å². The molecule has 1 fully saturated rings. The van der Waals surface area contributed by atoms with E-state index in [2.05, 4.69) is 15.9 Å². The molecule has 0 spiro atoms. The lowest BCUT2D eigenvalue weighted by Gasteiger charge is -2.23. The molecule has 1 amide bonds. The SMILES string of the molecule is CC(Oc1cc(Br)ccc1[C@@H](C)O)C(=O)N1CCCC1. The molecule has 1 N–H and O–H groups in total. The molecule has 1 heterocycles. The first-order chi connectivity index (χ1) is 9.49. The van der Waals surface area contributed by atoms with Crippen molar-refractivity contribution in [3.8, 4) is 5.75 Å². The normalized spacial score (nSPS) is 17.9. The number of rotatable bonds is 4. The molecule has 0 saturated carbocycles. The molecule has 1 aliphatic heterocycles. The first kappa shape index (κ1) is 15.3. The lowest BCUT2D eigenvalue weighted by molar-refractivity contribution is -0.136. The summed E-state index contributed by atoms with van der Waals surface area (Å²) < 4.78 is 6.64. The second-order valence-electron chi connectivity index (χ2n) is 5.15. The molecule has 1 unspecified atom stereocenters. The smallest absolute Gasteiger partial charge is 0.263 e. The Morgan fingerprint density at radius 3 is 2.60 bits per heavy atom. The van der Waals surface area contributed by atoms with E-state index in [4.69, 9.17) is 4.74 Å². The molecular formula is C15H20BrNO3. The first-order valence-corrected chi connectivity index (χ1v) is 7.71. The van der Waals surface area contributed by atoms with Crippen LogP contribution in [0.3, 0.4) is 0 Å². The fourth-order valence-electron chi connectivity index (χ4n) is 2.39. The van der Waals surface area contributed by atoms with Crippen molar-refractivity contribution >= 4 is 21.8 Å². The van der Waals surface area contributed by atoms with Crippen LogP contribution >= 0.6 is 15.9 Å². The second kappa shape index (κ2) is 6.59. The highest BCUT2D eigenvalue weighted by Crippen LogP contribution is 2.29. The lowest BCUT2D eigenvalue weighted by Crippen LogP contribution is -2.38. The molecule has 4 nitrogen and oxygen atoms in total. The summed E-state index contributed by atoms with van der Waals surface area (Å²) in [5.41, 5.74) is 0.689. The van der Waals surface area contributed by atoms with Crippen LogP contribution in [-0.4, -0.2) is 35.1 Å². The lowest BCUT2D eigenvalue weighted by atomic mass is 10.1. The Morgan fingerprint density at radius 2 is 2.00 bits per heavy atom. The van der Waals surface area contributed by atoms with E-state index in [1.165, 1.54) is 0 Å². The van der Waals surface area contributed by atoms with Gasteiger partial charge in [-0.1, -0.05) is 22.0 Å². The highest BCUT2D eigenvalue weighted by atomic mass is 79.9. The number of carbonyl (C=O) groups is 1. The molecule has 5 heteroatoms. The summed E-state index contributed by atoms with van der Waals surface area (Å²) >= 11 is 3.38. The highest BCUT2D eigenvalue weighted by molar-refractivity contribution is 9.10. The maximum atomic E-state index is 12.2. The van der Waals surface area contributed by atoms with Crippen LogP contribution in [0.25, 0.3) is 0 Å². The first-order valence-electron chi connectivity index (χ1n) is 6.92. The Balaban J connectivity index is 2.12. The monoisotopic (exact) mass is 341 g/mol. The Hall–Kier alpha value is -1.07. The zero-order chi connectivity index (χ0) is 14.7. The summed E-state index contributed by atoms with van der Waals surface area (Å²) in [6, 6.07) is 5.44. The summed E-state index contributed by atoms with van der Waals surface area (Å²) in [6.07, 6.45) is 0.954. The van der Waals surface area contributed by atoms with E-state index in [0.29, 0.717) is 11.3 Å². The molecule has 1 aliphatic rings. The van der Waals surface area contributed by atoms with Gasteiger partial charge in [-0.05, 0) is 38.8 Å². The van der Waals surface area contributed by atoms with Crippen molar-refractivity contribution in [1.82, 2.24) is 4.90 Å². The molecule has 2 rings (SSSR count). The zero-order valence-electron chi connectivity index (χ0n) is 11.8. The Bertz CT molecular complexity index is 484. The molecule has 2 atom stereocenters. The number of ether oxygens (including phenoxy) is 1. The average Bonchev–Trinajstić information content (AvgIpc) is 2.91. The van der Waals surface area contributed by atoms with Gasteiger partial charge < -0.3 is 14.7 Å². The van der Waals surface area contributed by atoms with E-state index in [9.17, 15) is 9.90 Å². The van der Waals surface area contributed by atoms with Gasteiger partial charge in [0, 0.05) is 23.1 Å². The molecule has 0 radical (unpaired) electrons. The van der Waals surface area contributed by atoms with Crippen LogP contribution in [-0.2, 0) is 4.79 Å². The number of hydrogen-bond acceptors (Lipinski definition) is 3. The fourth-order valence-corrected chi connectivity index (χ4v) is 2.73. The van der Waals surface area contributed by atoms with E-state index in [1.54, 1.807) is 26.0 Å². The van der Waals surface area contributed by atoms with Crippen molar-refractivity contribution in [2.75, 3.05) is 13.1 Å². The van der Waals surface area contributed by atoms with Crippen molar-refractivity contribution in [2.45, 2.75) is 38.9 Å². The number of hydrogen-bond donors (Lipinski definition) is 1. The minimum atomic E-state index is -0.632. The number of benzene rings is 1. The van der Waals surface area contributed by atoms with Crippen LogP contribution in [0.15, 0.2) is 22.7 Å². The van der Waals surface area contributed by atoms with Crippen LogP contribution in [0.5, 0.6) is 5.75 Å². The Kier molecular flexibility index (Phi) is 5.05. The van der Waals surface area contributed by atoms with Crippen molar-refractivity contribution in [3.05, 3.63) is 28.2 Å². The molecule has 0 bridgehead atoms. The molecule has 110 valence electrons. The van der Waals surface area contributed by atoms with Gasteiger partial charge in [-0.2, -0.15) is 0 Å². The van der Waals surface area contributed by atoms with E-state index < -0.39 is 12.2 Å². The van der Waals surface area contributed by atoms with Crippen molar-refractivity contribution in [2.24, 2.45) is 0 Å². The minimum absolute atomic E-state index is 0.0130. The zero-order valence-corrected chi connectivity index (χ0v) is 13.4. The number of halogens is 1. The van der Waals surface area contributed by atoms with E-state index in [-0.39, 0.29) is 5.91 Å². The maximum Gasteiger partial charge on any atom is 0.263 e. The van der Waals surface area contributed by atoms with E-state index >= 15 is 0 Å². The third-order valence-corrected chi connectivity index (χ3v) is 3.99. The van der Waals surface area contributed by atoms with Gasteiger partial charge in [0.25, 0.3) is 5.91 Å². The van der Waals surface area contributed by atoms with Gasteiger partial charge in [-0.15, -0.1) is 0 Å². The molecule has 0 aliphatic carbocycles. The standard InChI is InChI=1S/C15H20BrNO3/c1-10(18)13-6-5-12(16)9-14(13)20-11(2)15(19)17-7-3-4-8-17/h5-6,9-11,18H,3-4,7-8H2,1-2H3/t10-,11?/m1/s1. The van der Waals surface area contributed by atoms with E-state index in [1.807, 2.05) is 11.0 Å². The van der Waals surface area contributed by atoms with Gasteiger partial charge >= 0.3 is 0 Å². The highest BCUT2D eigenvalue weighted by Gasteiger charge is 2.25. The summed E-state index contributed by atoms with van der Waals surface area (Å²) in [5, 5.41) is 9.77. The van der Waals surface area contributed by atoms with Crippen molar-refractivity contribution in [3.63, 3.8) is 0 Å². The number of aliphatic hydroxyl groups excluding tert-OH is 1. The Morgan fingerprint density at radius 1 is 1.35 bits per heavy atom. The molecule has 1 saturated heterocycles. The van der Waals surface area contributed by atoms with Gasteiger partial charge in [0.15, 0.2) is 6.10 Å². The molecule has 20 heavy (non-hydrogen) atoms. The summed E-state index contributed by atoms with van der Waals surface area (Å²) in [5.74, 6) is 0.563. The van der Waals surface area contributed by atoms with Crippen LogP contribution in [0.2, 0.25) is 0 Å². The summed E-state index contributed by atoms with van der Waals surface area (Å²) in [6.45, 7) is 5.07. The number of aliphatic hydroxyl groups is 1. The molecule has 1 aromatic carbocycles. The van der Waals surface area contributed by atoms with Gasteiger partial charge in [0.2, 0.25) is 0 Å².